The molecule has 0 aliphatic rings. The Morgan fingerprint density at radius 3 is 1.28 bits per heavy atom. The maximum atomic E-state index is 4.95. The zero-order valence-corrected chi connectivity index (χ0v) is 48.6. The summed E-state index contributed by atoms with van der Waals surface area (Å²) in [6, 6.07) is 66.0. The number of nitrogens with zero attached hydrogens (tertiary/aromatic N) is 6. The molecule has 0 amide bonds. The van der Waals surface area contributed by atoms with Gasteiger partial charge in [0.25, 0.3) is 0 Å². The van der Waals surface area contributed by atoms with E-state index in [2.05, 4.69) is 231 Å². The van der Waals surface area contributed by atoms with Crippen molar-refractivity contribution in [3.8, 4) is 32.5 Å². The first-order chi connectivity index (χ1) is 34.8. The van der Waals surface area contributed by atoms with Gasteiger partial charge in [-0.3, -0.25) is 19.9 Å². The summed E-state index contributed by atoms with van der Waals surface area (Å²) in [5.74, 6) is 0. The minimum absolute atomic E-state index is 0. The molecule has 0 unspecified atom stereocenters. The first kappa shape index (κ1) is 52.7. The number of thiazole rings is 2. The first-order valence-corrected chi connectivity index (χ1v) is 26.1. The Kier molecular flexibility index (Phi) is 14.9. The number of fused-ring (bicyclic) bond motifs is 6. The molecule has 12 aromatic rings. The molecule has 0 saturated carbocycles. The Hall–Kier alpha value is -6.14. The molecule has 6 heterocycles. The molecule has 12 rings (SSSR count). The van der Waals surface area contributed by atoms with E-state index in [1.54, 1.807) is 22.7 Å². The smallest absolute Gasteiger partial charge is 0.352 e. The number of rotatable bonds is 8. The Labute approximate surface area is 471 Å². The van der Waals surface area contributed by atoms with E-state index in [9.17, 15) is 0 Å². The molecule has 10 heteroatoms. The summed E-state index contributed by atoms with van der Waals surface area (Å²) >= 11 is 3.27. The number of para-hydroxylation sites is 2. The molecular weight excluding hydrogens is 1310 g/mol. The van der Waals surface area contributed by atoms with Crippen LogP contribution in [0.25, 0.3) is 76.1 Å². The molecule has 0 atom stereocenters. The van der Waals surface area contributed by atoms with Gasteiger partial charge in [-0.1, -0.05) is 126 Å². The first-order valence-electron chi connectivity index (χ1n) is 24.4. The Bertz CT molecular complexity index is 3850. The van der Waals surface area contributed by atoms with Gasteiger partial charge in [0.2, 0.25) is 0 Å². The van der Waals surface area contributed by atoms with Crippen molar-refractivity contribution in [2.45, 2.75) is 66.2 Å². The minimum Gasteiger partial charge on any atom is -0.352 e. The van der Waals surface area contributed by atoms with Gasteiger partial charge in [-0.2, -0.15) is 59.1 Å². The van der Waals surface area contributed by atoms with Gasteiger partial charge in [0.15, 0.2) is 0 Å². The van der Waals surface area contributed by atoms with E-state index in [1.165, 1.54) is 21.5 Å². The predicted molar refractivity (Wildman–Crippen MR) is 299 cm³/mol. The third kappa shape index (κ3) is 9.16. The average Bonchev–Trinajstić information content (AvgIpc) is 4.23. The van der Waals surface area contributed by atoms with Crippen molar-refractivity contribution in [3.05, 3.63) is 228 Å². The SMILES string of the molecule is CC(C)(C)C(c1[c-]c(-n2c3[c-]c(-c4nccs4)ccc3c3ccccc32)ccc1)(c1ccccn1)C(C)(C)C.CC(C)(c1[c-]c(-n2c3[c-]c(-c4nccs4)ccc3c3ccccc32)ccc1)c1ccccn1.[Pt+2].[Pt+2]. The van der Waals surface area contributed by atoms with Crippen LogP contribution in [-0.2, 0) is 53.0 Å². The largest absolute Gasteiger partial charge is 2.00 e. The van der Waals surface area contributed by atoms with E-state index < -0.39 is 5.41 Å². The molecule has 0 fully saturated rings. The van der Waals surface area contributed by atoms with Gasteiger partial charge >= 0.3 is 42.1 Å². The van der Waals surface area contributed by atoms with Crippen LogP contribution < -0.4 is 0 Å². The van der Waals surface area contributed by atoms with E-state index in [4.69, 9.17) is 4.98 Å². The van der Waals surface area contributed by atoms with Gasteiger partial charge in [-0.25, -0.2) is 0 Å². The molecule has 6 nitrogen and oxygen atoms in total. The van der Waals surface area contributed by atoms with E-state index in [1.807, 2.05) is 53.7 Å². The van der Waals surface area contributed by atoms with Crippen molar-refractivity contribution in [2.75, 3.05) is 0 Å². The molecule has 0 bridgehead atoms. The zero-order valence-electron chi connectivity index (χ0n) is 42.5. The summed E-state index contributed by atoms with van der Waals surface area (Å²) in [6.45, 7) is 18.3. The van der Waals surface area contributed by atoms with Crippen molar-refractivity contribution < 1.29 is 42.1 Å². The predicted octanol–water partition coefficient (Wildman–Crippen LogP) is 16.5. The van der Waals surface area contributed by atoms with Crippen LogP contribution in [0.15, 0.2) is 181 Å². The number of hydrogen-bond acceptors (Lipinski definition) is 6. The topological polar surface area (TPSA) is 61.4 Å². The summed E-state index contributed by atoms with van der Waals surface area (Å²) in [6.07, 6.45) is 7.45. The zero-order chi connectivity index (χ0) is 49.8. The Morgan fingerprint density at radius 1 is 0.392 bits per heavy atom. The van der Waals surface area contributed by atoms with Crippen LogP contribution in [0.5, 0.6) is 0 Å². The summed E-state index contributed by atoms with van der Waals surface area (Å²) in [7, 11) is 0. The van der Waals surface area contributed by atoms with Crippen LogP contribution in [0.4, 0.5) is 0 Å². The maximum Gasteiger partial charge on any atom is 2.00 e. The van der Waals surface area contributed by atoms with Gasteiger partial charge in [0.05, 0.1) is 0 Å². The molecule has 0 aliphatic carbocycles. The molecule has 0 radical (unpaired) electrons. The van der Waals surface area contributed by atoms with Gasteiger partial charge in [0.1, 0.15) is 0 Å². The van der Waals surface area contributed by atoms with Gasteiger partial charge in [-0.05, 0) is 69.0 Å². The van der Waals surface area contributed by atoms with E-state index in [0.717, 1.165) is 77.1 Å². The van der Waals surface area contributed by atoms with Crippen molar-refractivity contribution in [3.63, 3.8) is 0 Å². The standard InChI is InChI=1S/C35H33N3S.C29H21N3S.2Pt/c1-33(2,3)35(34(4,5)6,31-16-9-10-19-36-31)25-12-11-13-26(23-25)38-29-15-8-7-14-27(29)28-18-17-24(22-30(28)38)32-37-20-21-39-32;1-29(2,27-12-5-6-15-30-27)21-8-7-9-22(19-21)32-25-11-4-3-10-23(25)24-14-13-20(18-26(24)32)28-31-16-17-33-28;;/h7-21H,1-6H3;3-17H,1-2H3;;/q2*-2;2*+2. The molecule has 0 N–H and O–H groups in total. The van der Waals surface area contributed by atoms with Gasteiger partial charge in [-0.15, -0.1) is 70.8 Å². The number of benzene rings is 6. The molecule has 0 spiro atoms. The van der Waals surface area contributed by atoms with E-state index >= 15 is 0 Å². The second-order valence-electron chi connectivity index (χ2n) is 20.9. The van der Waals surface area contributed by atoms with Crippen LogP contribution in [0.2, 0.25) is 0 Å². The quantitative estimate of drug-likeness (QED) is 0.142. The Balaban J connectivity index is 0.000000179. The van der Waals surface area contributed by atoms with Crippen LogP contribution in [0.1, 0.15) is 77.9 Å². The Morgan fingerprint density at radius 2 is 0.838 bits per heavy atom. The fourth-order valence-electron chi connectivity index (χ4n) is 11.3. The fraction of sp³-hybridized carbons (Fsp3) is 0.188. The molecule has 74 heavy (non-hydrogen) atoms. The normalized spacial score (nSPS) is 12.1. The molecule has 0 saturated heterocycles. The van der Waals surface area contributed by atoms with Gasteiger partial charge < -0.3 is 9.13 Å². The maximum absolute atomic E-state index is 4.95. The van der Waals surface area contributed by atoms with Crippen molar-refractivity contribution in [1.29, 1.82) is 0 Å². The molecule has 6 aromatic carbocycles. The summed E-state index contributed by atoms with van der Waals surface area (Å²) < 4.78 is 4.57. The number of pyridine rings is 2. The van der Waals surface area contributed by atoms with E-state index in [0.29, 0.717) is 0 Å². The third-order valence-corrected chi connectivity index (χ3v) is 15.8. The van der Waals surface area contributed by atoms with Crippen molar-refractivity contribution in [2.24, 2.45) is 10.8 Å². The molecule has 372 valence electrons. The van der Waals surface area contributed by atoms with Crippen LogP contribution in [0.3, 0.4) is 0 Å². The molecule has 0 aliphatic heterocycles. The van der Waals surface area contributed by atoms with Crippen LogP contribution >= 0.6 is 22.7 Å². The fourth-order valence-corrected chi connectivity index (χ4v) is 12.5. The second-order valence-corrected chi connectivity index (χ2v) is 22.6. The number of aromatic nitrogens is 6. The van der Waals surface area contributed by atoms with Crippen LogP contribution in [-0.4, -0.2) is 29.1 Å². The van der Waals surface area contributed by atoms with Crippen molar-refractivity contribution in [1.82, 2.24) is 29.1 Å². The third-order valence-electron chi connectivity index (χ3n) is 14.2. The molecule has 6 aromatic heterocycles. The minimum atomic E-state index is -0.397. The van der Waals surface area contributed by atoms with Gasteiger partial charge in [0, 0.05) is 78.8 Å². The molecular formula is C64H54N6Pt2S2. The summed E-state index contributed by atoms with van der Waals surface area (Å²) in [5.41, 5.74) is 11.7. The van der Waals surface area contributed by atoms with Crippen molar-refractivity contribution >= 4 is 66.3 Å². The second kappa shape index (κ2) is 20.9. The summed E-state index contributed by atoms with van der Waals surface area (Å²) in [5, 5.41) is 10.7. The van der Waals surface area contributed by atoms with E-state index in [-0.39, 0.29) is 58.4 Å². The van der Waals surface area contributed by atoms with Crippen LogP contribution in [0, 0.1) is 35.1 Å². The monoisotopic (exact) mass is 1360 g/mol. The average molecular weight is 1360 g/mol. The number of hydrogen-bond donors (Lipinski definition) is 0. The summed E-state index contributed by atoms with van der Waals surface area (Å²) in [4.78, 5) is 18.6.